The van der Waals surface area contributed by atoms with Crippen LogP contribution in [0.25, 0.3) is 0 Å². The molecule has 98 valence electrons. The predicted octanol–water partition coefficient (Wildman–Crippen LogP) is 0.113. The second kappa shape index (κ2) is 7.27. The second-order valence-electron chi connectivity index (χ2n) is 4.59. The molecule has 1 saturated heterocycles. The normalized spacial score (nSPS) is 17.3. The van der Waals surface area contributed by atoms with Crippen molar-refractivity contribution in [2.45, 2.75) is 39.2 Å². The minimum Gasteiger partial charge on any atom is -0.351 e. The zero-order valence-electron chi connectivity index (χ0n) is 10.8. The SMILES string of the molecule is CCCNCC(=O)NC(C)CN1CCCC1=O. The Kier molecular flexibility index (Phi) is 5.97. The fourth-order valence-electron chi connectivity index (χ4n) is 1.98. The van der Waals surface area contributed by atoms with E-state index in [1.807, 2.05) is 11.8 Å². The first-order chi connectivity index (χ1) is 8.13. The summed E-state index contributed by atoms with van der Waals surface area (Å²) in [6.07, 6.45) is 2.61. The Bertz CT molecular complexity index is 268. The molecule has 1 rings (SSSR count). The van der Waals surface area contributed by atoms with Gasteiger partial charge in [-0.2, -0.15) is 0 Å². The number of carbonyl (C=O) groups excluding carboxylic acids is 2. The van der Waals surface area contributed by atoms with E-state index >= 15 is 0 Å². The smallest absolute Gasteiger partial charge is 0.234 e. The first kappa shape index (κ1) is 14.0. The van der Waals surface area contributed by atoms with Gasteiger partial charge in [0.25, 0.3) is 0 Å². The lowest BCUT2D eigenvalue weighted by Crippen LogP contribution is -2.45. The average molecular weight is 241 g/mol. The van der Waals surface area contributed by atoms with Gasteiger partial charge in [-0.15, -0.1) is 0 Å². The fourth-order valence-corrected chi connectivity index (χ4v) is 1.98. The van der Waals surface area contributed by atoms with Crippen molar-refractivity contribution in [2.75, 3.05) is 26.2 Å². The Morgan fingerprint density at radius 1 is 1.53 bits per heavy atom. The van der Waals surface area contributed by atoms with Crippen LogP contribution < -0.4 is 10.6 Å². The highest BCUT2D eigenvalue weighted by Gasteiger charge is 2.22. The van der Waals surface area contributed by atoms with Crippen LogP contribution in [0.15, 0.2) is 0 Å². The molecule has 0 saturated carbocycles. The van der Waals surface area contributed by atoms with Gasteiger partial charge in [-0.3, -0.25) is 9.59 Å². The summed E-state index contributed by atoms with van der Waals surface area (Å²) in [6.45, 7) is 6.65. The van der Waals surface area contributed by atoms with Gasteiger partial charge in [-0.25, -0.2) is 0 Å². The van der Waals surface area contributed by atoms with Gasteiger partial charge in [-0.05, 0) is 26.3 Å². The molecule has 2 N–H and O–H groups in total. The summed E-state index contributed by atoms with van der Waals surface area (Å²) in [7, 11) is 0. The lowest BCUT2D eigenvalue weighted by molar-refractivity contribution is -0.128. The molecule has 1 atom stereocenters. The van der Waals surface area contributed by atoms with Gasteiger partial charge in [0.1, 0.15) is 0 Å². The Morgan fingerprint density at radius 2 is 2.29 bits per heavy atom. The number of hydrogen-bond acceptors (Lipinski definition) is 3. The molecule has 17 heavy (non-hydrogen) atoms. The zero-order valence-corrected chi connectivity index (χ0v) is 10.8. The van der Waals surface area contributed by atoms with Crippen LogP contribution in [0.5, 0.6) is 0 Å². The molecule has 5 nitrogen and oxygen atoms in total. The second-order valence-corrected chi connectivity index (χ2v) is 4.59. The molecular weight excluding hydrogens is 218 g/mol. The lowest BCUT2D eigenvalue weighted by atomic mass is 10.3. The molecule has 0 radical (unpaired) electrons. The minimum atomic E-state index is -0.00223. The predicted molar refractivity (Wildman–Crippen MR) is 66.6 cm³/mol. The molecule has 1 heterocycles. The summed E-state index contributed by atoms with van der Waals surface area (Å²) >= 11 is 0. The number of nitrogens with zero attached hydrogens (tertiary/aromatic N) is 1. The molecule has 1 unspecified atom stereocenters. The van der Waals surface area contributed by atoms with Crippen LogP contribution in [0, 0.1) is 0 Å². The van der Waals surface area contributed by atoms with Crippen LogP contribution in [0.2, 0.25) is 0 Å². The first-order valence-corrected chi connectivity index (χ1v) is 6.41. The van der Waals surface area contributed by atoms with Crippen LogP contribution >= 0.6 is 0 Å². The van der Waals surface area contributed by atoms with Crippen molar-refractivity contribution in [3.05, 3.63) is 0 Å². The average Bonchev–Trinajstić information content (AvgIpc) is 2.64. The highest BCUT2D eigenvalue weighted by Crippen LogP contribution is 2.09. The number of carbonyl (C=O) groups is 2. The van der Waals surface area contributed by atoms with E-state index in [0.29, 0.717) is 19.5 Å². The highest BCUT2D eigenvalue weighted by molar-refractivity contribution is 5.79. The molecule has 0 aliphatic carbocycles. The number of hydrogen-bond donors (Lipinski definition) is 2. The van der Waals surface area contributed by atoms with Crippen molar-refractivity contribution in [1.82, 2.24) is 15.5 Å². The fraction of sp³-hybridized carbons (Fsp3) is 0.833. The van der Waals surface area contributed by atoms with E-state index < -0.39 is 0 Å². The third-order valence-corrected chi connectivity index (χ3v) is 2.79. The summed E-state index contributed by atoms with van der Waals surface area (Å²) < 4.78 is 0. The van der Waals surface area contributed by atoms with Crippen molar-refractivity contribution in [3.8, 4) is 0 Å². The zero-order chi connectivity index (χ0) is 12.7. The maximum Gasteiger partial charge on any atom is 0.234 e. The largest absolute Gasteiger partial charge is 0.351 e. The van der Waals surface area contributed by atoms with E-state index in [1.54, 1.807) is 0 Å². The van der Waals surface area contributed by atoms with Crippen molar-refractivity contribution in [2.24, 2.45) is 0 Å². The molecule has 0 bridgehead atoms. The Morgan fingerprint density at radius 3 is 2.88 bits per heavy atom. The number of likely N-dealkylation sites (tertiary alicyclic amines) is 1. The molecule has 0 aromatic carbocycles. The van der Waals surface area contributed by atoms with Crippen LogP contribution in [0.4, 0.5) is 0 Å². The maximum absolute atomic E-state index is 11.5. The molecule has 1 fully saturated rings. The minimum absolute atomic E-state index is 0.00223. The van der Waals surface area contributed by atoms with Crippen molar-refractivity contribution in [1.29, 1.82) is 0 Å². The van der Waals surface area contributed by atoms with E-state index in [2.05, 4.69) is 17.6 Å². The highest BCUT2D eigenvalue weighted by atomic mass is 16.2. The van der Waals surface area contributed by atoms with E-state index in [0.717, 1.165) is 25.9 Å². The van der Waals surface area contributed by atoms with Gasteiger partial charge in [-0.1, -0.05) is 6.92 Å². The lowest BCUT2D eigenvalue weighted by Gasteiger charge is -2.21. The Labute approximate surface area is 103 Å². The molecule has 1 aliphatic rings. The van der Waals surface area contributed by atoms with E-state index in [1.165, 1.54) is 0 Å². The maximum atomic E-state index is 11.5. The summed E-state index contributed by atoms with van der Waals surface area (Å²) in [5, 5.41) is 5.94. The van der Waals surface area contributed by atoms with E-state index in [9.17, 15) is 9.59 Å². The van der Waals surface area contributed by atoms with Gasteiger partial charge >= 0.3 is 0 Å². The molecule has 0 aromatic heterocycles. The third-order valence-electron chi connectivity index (χ3n) is 2.79. The van der Waals surface area contributed by atoms with Gasteiger partial charge in [0, 0.05) is 25.6 Å². The summed E-state index contributed by atoms with van der Waals surface area (Å²) in [5.74, 6) is 0.202. The molecule has 0 aromatic rings. The van der Waals surface area contributed by atoms with Crippen LogP contribution in [0.3, 0.4) is 0 Å². The number of rotatable bonds is 7. The monoisotopic (exact) mass is 241 g/mol. The van der Waals surface area contributed by atoms with Crippen molar-refractivity contribution >= 4 is 11.8 Å². The topological polar surface area (TPSA) is 61.4 Å². The van der Waals surface area contributed by atoms with Crippen LogP contribution in [-0.2, 0) is 9.59 Å². The standard InChI is InChI=1S/C12H23N3O2/c1-3-6-13-8-11(16)14-10(2)9-15-7-4-5-12(15)17/h10,13H,3-9H2,1-2H3,(H,14,16). The molecular formula is C12H23N3O2. The van der Waals surface area contributed by atoms with Crippen LogP contribution in [0.1, 0.15) is 33.1 Å². The molecule has 5 heteroatoms. The summed E-state index contributed by atoms with van der Waals surface area (Å²) in [6, 6.07) is 0.0213. The summed E-state index contributed by atoms with van der Waals surface area (Å²) in [4.78, 5) is 24.7. The van der Waals surface area contributed by atoms with Gasteiger partial charge in [0.15, 0.2) is 0 Å². The van der Waals surface area contributed by atoms with Crippen LogP contribution in [-0.4, -0.2) is 48.9 Å². The van der Waals surface area contributed by atoms with E-state index in [4.69, 9.17) is 0 Å². The summed E-state index contributed by atoms with van der Waals surface area (Å²) in [5.41, 5.74) is 0. The molecule has 2 amide bonds. The van der Waals surface area contributed by atoms with Gasteiger partial charge in [0.2, 0.25) is 11.8 Å². The molecule has 1 aliphatic heterocycles. The van der Waals surface area contributed by atoms with Gasteiger partial charge in [0.05, 0.1) is 6.54 Å². The van der Waals surface area contributed by atoms with Gasteiger partial charge < -0.3 is 15.5 Å². The Hall–Kier alpha value is -1.10. The first-order valence-electron chi connectivity index (χ1n) is 6.41. The third kappa shape index (κ3) is 5.17. The quantitative estimate of drug-likeness (QED) is 0.622. The number of amides is 2. The number of nitrogens with one attached hydrogen (secondary N) is 2. The van der Waals surface area contributed by atoms with Crippen molar-refractivity contribution < 1.29 is 9.59 Å². The Balaban J connectivity index is 2.17. The molecule has 0 spiro atoms. The van der Waals surface area contributed by atoms with Crippen molar-refractivity contribution in [3.63, 3.8) is 0 Å². The van der Waals surface area contributed by atoms with E-state index in [-0.39, 0.29) is 17.9 Å².